The van der Waals surface area contributed by atoms with E-state index in [1.807, 2.05) is 13.8 Å². The number of rotatable bonds is 7. The summed E-state index contributed by atoms with van der Waals surface area (Å²) in [5.41, 5.74) is 0. The van der Waals surface area contributed by atoms with Crippen molar-refractivity contribution >= 4 is 11.9 Å². The van der Waals surface area contributed by atoms with Crippen LogP contribution in [0.5, 0.6) is 0 Å². The van der Waals surface area contributed by atoms with E-state index in [1.54, 1.807) is 6.92 Å². The Balaban J connectivity index is 4.05. The Morgan fingerprint density at radius 2 is 1.78 bits per heavy atom. The molecule has 0 bridgehead atoms. The SMILES string of the molecule is CCC(CC)C(O)CNC(C)C(=O)NC(=O)NC. The first-order valence-electron chi connectivity index (χ1n) is 6.40. The fourth-order valence-electron chi connectivity index (χ4n) is 1.67. The number of carbonyl (C=O) groups excluding carboxylic acids is 2. The van der Waals surface area contributed by atoms with Gasteiger partial charge in [-0.05, 0) is 12.8 Å². The second-order valence-electron chi connectivity index (χ2n) is 4.34. The van der Waals surface area contributed by atoms with Crippen molar-refractivity contribution in [2.75, 3.05) is 13.6 Å². The number of urea groups is 1. The number of hydrogen-bond donors (Lipinski definition) is 4. The van der Waals surface area contributed by atoms with Crippen LogP contribution in [0.3, 0.4) is 0 Å². The summed E-state index contributed by atoms with van der Waals surface area (Å²) in [6.45, 7) is 6.05. The van der Waals surface area contributed by atoms with Crippen LogP contribution < -0.4 is 16.0 Å². The molecule has 0 rings (SSSR count). The molecule has 0 saturated carbocycles. The van der Waals surface area contributed by atoms with Gasteiger partial charge in [-0.1, -0.05) is 26.7 Å². The van der Waals surface area contributed by atoms with Crippen LogP contribution in [0.25, 0.3) is 0 Å². The molecule has 0 spiro atoms. The fourth-order valence-corrected chi connectivity index (χ4v) is 1.67. The first-order valence-corrected chi connectivity index (χ1v) is 6.40. The monoisotopic (exact) mass is 259 g/mol. The van der Waals surface area contributed by atoms with Crippen molar-refractivity contribution in [3.05, 3.63) is 0 Å². The molecule has 106 valence electrons. The average molecular weight is 259 g/mol. The number of hydrogen-bond acceptors (Lipinski definition) is 4. The smallest absolute Gasteiger partial charge is 0.321 e. The van der Waals surface area contributed by atoms with Crippen LogP contribution in [0.2, 0.25) is 0 Å². The third-order valence-electron chi connectivity index (χ3n) is 3.08. The Labute approximate surface area is 109 Å². The molecule has 4 N–H and O–H groups in total. The Morgan fingerprint density at radius 1 is 1.22 bits per heavy atom. The lowest BCUT2D eigenvalue weighted by Crippen LogP contribution is -2.49. The molecular formula is C12H25N3O3. The molecule has 0 aliphatic heterocycles. The van der Waals surface area contributed by atoms with Gasteiger partial charge in [0.2, 0.25) is 5.91 Å². The molecule has 0 aromatic carbocycles. The molecule has 0 saturated heterocycles. The zero-order valence-corrected chi connectivity index (χ0v) is 11.6. The van der Waals surface area contributed by atoms with Gasteiger partial charge in [-0.3, -0.25) is 10.1 Å². The Kier molecular flexibility index (Phi) is 8.32. The van der Waals surface area contributed by atoms with E-state index in [2.05, 4.69) is 16.0 Å². The van der Waals surface area contributed by atoms with Crippen molar-refractivity contribution < 1.29 is 14.7 Å². The molecule has 0 aromatic heterocycles. The van der Waals surface area contributed by atoms with Crippen LogP contribution in [-0.4, -0.2) is 42.8 Å². The number of aliphatic hydroxyl groups excluding tert-OH is 1. The standard InChI is InChI=1S/C12H25N3O3/c1-5-9(6-2)10(16)7-14-8(3)11(17)15-12(18)13-4/h8-10,14,16H,5-7H2,1-4H3,(H2,13,15,17,18). The lowest BCUT2D eigenvalue weighted by atomic mass is 9.96. The predicted molar refractivity (Wildman–Crippen MR) is 70.1 cm³/mol. The molecule has 3 amide bonds. The molecule has 6 heteroatoms. The maximum Gasteiger partial charge on any atom is 0.321 e. The second kappa shape index (κ2) is 8.88. The van der Waals surface area contributed by atoms with Crippen molar-refractivity contribution in [2.45, 2.75) is 45.8 Å². The highest BCUT2D eigenvalue weighted by Gasteiger charge is 2.19. The largest absolute Gasteiger partial charge is 0.392 e. The van der Waals surface area contributed by atoms with E-state index >= 15 is 0 Å². The van der Waals surface area contributed by atoms with E-state index in [4.69, 9.17) is 0 Å². The highest BCUT2D eigenvalue weighted by atomic mass is 16.3. The molecule has 0 heterocycles. The number of nitrogens with one attached hydrogen (secondary N) is 3. The van der Waals surface area contributed by atoms with E-state index in [1.165, 1.54) is 7.05 Å². The molecule has 2 atom stereocenters. The first-order chi connectivity index (χ1) is 8.46. The summed E-state index contributed by atoms with van der Waals surface area (Å²) in [5, 5.41) is 17.3. The van der Waals surface area contributed by atoms with Gasteiger partial charge < -0.3 is 15.7 Å². The Bertz CT molecular complexity index is 267. The Hall–Kier alpha value is -1.14. The normalized spacial score (nSPS) is 14.1. The molecule has 18 heavy (non-hydrogen) atoms. The van der Waals surface area contributed by atoms with Crippen molar-refractivity contribution in [1.82, 2.24) is 16.0 Å². The van der Waals surface area contributed by atoms with E-state index in [-0.39, 0.29) is 5.92 Å². The van der Waals surface area contributed by atoms with E-state index < -0.39 is 24.1 Å². The predicted octanol–water partition coefficient (Wildman–Crippen LogP) is 0.217. The van der Waals surface area contributed by atoms with Gasteiger partial charge in [0.25, 0.3) is 0 Å². The molecular weight excluding hydrogens is 234 g/mol. The van der Waals surface area contributed by atoms with Crippen molar-refractivity contribution in [2.24, 2.45) is 5.92 Å². The summed E-state index contributed by atoms with van der Waals surface area (Å²) in [5.74, 6) is -0.183. The van der Waals surface area contributed by atoms with Gasteiger partial charge in [0.1, 0.15) is 0 Å². The van der Waals surface area contributed by atoms with Gasteiger partial charge in [-0.2, -0.15) is 0 Å². The minimum absolute atomic E-state index is 0.228. The van der Waals surface area contributed by atoms with Crippen molar-refractivity contribution in [3.63, 3.8) is 0 Å². The summed E-state index contributed by atoms with van der Waals surface area (Å²) in [6, 6.07) is -1.06. The number of aliphatic hydroxyl groups is 1. The van der Waals surface area contributed by atoms with Crippen molar-refractivity contribution in [3.8, 4) is 0 Å². The molecule has 0 aromatic rings. The quantitative estimate of drug-likeness (QED) is 0.526. The molecule has 0 aliphatic carbocycles. The van der Waals surface area contributed by atoms with Gasteiger partial charge in [0, 0.05) is 13.6 Å². The topological polar surface area (TPSA) is 90.5 Å². The van der Waals surface area contributed by atoms with Crippen LogP contribution in [0.4, 0.5) is 4.79 Å². The first kappa shape index (κ1) is 16.9. The number of amides is 3. The molecule has 2 unspecified atom stereocenters. The summed E-state index contributed by atoms with van der Waals surface area (Å²) in [7, 11) is 1.44. The lowest BCUT2D eigenvalue weighted by molar-refractivity contribution is -0.121. The number of imide groups is 1. The average Bonchev–Trinajstić information content (AvgIpc) is 2.36. The number of carbonyl (C=O) groups is 2. The second-order valence-corrected chi connectivity index (χ2v) is 4.34. The summed E-state index contributed by atoms with van der Waals surface area (Å²) in [4.78, 5) is 22.5. The maximum atomic E-state index is 11.5. The van der Waals surface area contributed by atoms with Crippen LogP contribution in [-0.2, 0) is 4.79 Å². The van der Waals surface area contributed by atoms with Crippen LogP contribution >= 0.6 is 0 Å². The summed E-state index contributed by atoms with van der Waals surface area (Å²) in [6.07, 6.45) is 1.33. The van der Waals surface area contributed by atoms with Gasteiger partial charge in [0.05, 0.1) is 12.1 Å². The highest BCUT2D eigenvalue weighted by molar-refractivity contribution is 5.96. The lowest BCUT2D eigenvalue weighted by Gasteiger charge is -2.22. The third kappa shape index (κ3) is 5.97. The minimum atomic E-state index is -0.533. The van der Waals surface area contributed by atoms with Crippen LogP contribution in [0.15, 0.2) is 0 Å². The van der Waals surface area contributed by atoms with E-state index in [9.17, 15) is 14.7 Å². The van der Waals surface area contributed by atoms with Gasteiger partial charge in [-0.15, -0.1) is 0 Å². The highest BCUT2D eigenvalue weighted by Crippen LogP contribution is 2.12. The van der Waals surface area contributed by atoms with Gasteiger partial charge in [0.15, 0.2) is 0 Å². The third-order valence-corrected chi connectivity index (χ3v) is 3.08. The van der Waals surface area contributed by atoms with E-state index in [0.717, 1.165) is 12.8 Å². The summed E-state index contributed by atoms with van der Waals surface area (Å²) < 4.78 is 0. The maximum absolute atomic E-state index is 11.5. The van der Waals surface area contributed by atoms with Crippen LogP contribution in [0.1, 0.15) is 33.6 Å². The molecule has 6 nitrogen and oxygen atoms in total. The fraction of sp³-hybridized carbons (Fsp3) is 0.833. The van der Waals surface area contributed by atoms with Crippen LogP contribution in [0, 0.1) is 5.92 Å². The Morgan fingerprint density at radius 3 is 2.22 bits per heavy atom. The van der Waals surface area contributed by atoms with Gasteiger partial charge >= 0.3 is 6.03 Å². The van der Waals surface area contributed by atoms with Gasteiger partial charge in [-0.25, -0.2) is 4.79 Å². The minimum Gasteiger partial charge on any atom is -0.392 e. The molecule has 0 aliphatic rings. The van der Waals surface area contributed by atoms with E-state index in [0.29, 0.717) is 6.54 Å². The zero-order valence-electron chi connectivity index (χ0n) is 11.6. The zero-order chi connectivity index (χ0) is 14.1. The van der Waals surface area contributed by atoms with Crippen molar-refractivity contribution in [1.29, 1.82) is 0 Å². The summed E-state index contributed by atoms with van der Waals surface area (Å²) >= 11 is 0. The molecule has 0 radical (unpaired) electrons. The molecule has 0 fully saturated rings.